The van der Waals surface area contributed by atoms with Gasteiger partial charge in [0.25, 0.3) is 0 Å². The number of hydrogen-bond acceptors (Lipinski definition) is 5. The number of rotatable bonds is 5. The van der Waals surface area contributed by atoms with Gasteiger partial charge >= 0.3 is 10.1 Å². The van der Waals surface area contributed by atoms with Crippen molar-refractivity contribution in [2.75, 3.05) is 14.2 Å². The van der Waals surface area contributed by atoms with E-state index in [1.807, 2.05) is 0 Å². The molecule has 0 heterocycles. The Morgan fingerprint density at radius 1 is 0.857 bits per heavy atom. The molecule has 6 heteroatoms. The zero-order chi connectivity index (χ0) is 15.5. The third-order valence-electron chi connectivity index (χ3n) is 2.85. The van der Waals surface area contributed by atoms with Gasteiger partial charge in [-0.25, -0.2) is 0 Å². The van der Waals surface area contributed by atoms with Crippen LogP contribution in [0.5, 0.6) is 17.2 Å². The van der Waals surface area contributed by atoms with E-state index in [2.05, 4.69) is 0 Å². The second-order valence-corrected chi connectivity index (χ2v) is 5.88. The highest BCUT2D eigenvalue weighted by Crippen LogP contribution is 2.28. The monoisotopic (exact) mass is 308 g/mol. The van der Waals surface area contributed by atoms with Gasteiger partial charge in [0.05, 0.1) is 14.2 Å². The lowest BCUT2D eigenvalue weighted by Gasteiger charge is -2.11. The standard InChI is InChI=1S/C15H16O5S/c1-11-4-9-14(19-3)15(10-11)21(16,17)20-13-7-5-12(18-2)6-8-13/h4-10H,1-3H3. The van der Waals surface area contributed by atoms with Crippen LogP contribution in [0.1, 0.15) is 5.56 Å². The maximum atomic E-state index is 12.4. The van der Waals surface area contributed by atoms with Gasteiger partial charge in [-0.15, -0.1) is 0 Å². The zero-order valence-corrected chi connectivity index (χ0v) is 12.8. The average molecular weight is 308 g/mol. The van der Waals surface area contributed by atoms with E-state index in [-0.39, 0.29) is 16.4 Å². The van der Waals surface area contributed by atoms with E-state index in [0.717, 1.165) is 5.56 Å². The molecule has 0 radical (unpaired) electrons. The van der Waals surface area contributed by atoms with Crippen LogP contribution in [-0.2, 0) is 10.1 Å². The molecule has 0 spiro atoms. The first-order chi connectivity index (χ1) is 9.96. The van der Waals surface area contributed by atoms with Crippen LogP contribution < -0.4 is 13.7 Å². The quantitative estimate of drug-likeness (QED) is 0.795. The fourth-order valence-electron chi connectivity index (χ4n) is 1.78. The second-order valence-electron chi connectivity index (χ2n) is 4.37. The molecule has 2 rings (SSSR count). The van der Waals surface area contributed by atoms with Crippen LogP contribution in [0.3, 0.4) is 0 Å². The minimum atomic E-state index is -3.96. The Bertz CT molecular complexity index is 720. The zero-order valence-electron chi connectivity index (χ0n) is 12.0. The lowest BCUT2D eigenvalue weighted by Crippen LogP contribution is -2.11. The van der Waals surface area contributed by atoms with Crippen LogP contribution >= 0.6 is 0 Å². The summed E-state index contributed by atoms with van der Waals surface area (Å²) in [4.78, 5) is 0.000757. The first kappa shape index (κ1) is 15.2. The van der Waals surface area contributed by atoms with E-state index in [4.69, 9.17) is 13.7 Å². The number of aryl methyl sites for hydroxylation is 1. The molecule has 5 nitrogen and oxygen atoms in total. The van der Waals surface area contributed by atoms with Crippen molar-refractivity contribution in [1.29, 1.82) is 0 Å². The molecule has 0 N–H and O–H groups in total. The Labute approximate surface area is 124 Å². The summed E-state index contributed by atoms with van der Waals surface area (Å²) in [6.45, 7) is 1.80. The van der Waals surface area contributed by atoms with E-state index in [0.29, 0.717) is 5.75 Å². The molecule has 0 saturated carbocycles. The van der Waals surface area contributed by atoms with Gasteiger partial charge in [0.1, 0.15) is 22.1 Å². The Hall–Kier alpha value is -2.21. The molecule has 21 heavy (non-hydrogen) atoms. The fraction of sp³-hybridized carbons (Fsp3) is 0.200. The molecule has 0 saturated heterocycles. The van der Waals surface area contributed by atoms with Gasteiger partial charge < -0.3 is 13.7 Å². The molecule has 2 aromatic carbocycles. The minimum absolute atomic E-state index is 0.000757. The van der Waals surface area contributed by atoms with Crippen LogP contribution in [0.15, 0.2) is 47.4 Å². The first-order valence-electron chi connectivity index (χ1n) is 6.19. The molecule has 0 atom stereocenters. The summed E-state index contributed by atoms with van der Waals surface area (Å²) < 4.78 is 39.9. The van der Waals surface area contributed by atoms with Crippen molar-refractivity contribution >= 4 is 10.1 Å². The van der Waals surface area contributed by atoms with Crippen molar-refractivity contribution in [3.05, 3.63) is 48.0 Å². The van der Waals surface area contributed by atoms with E-state index in [1.54, 1.807) is 31.2 Å². The Morgan fingerprint density at radius 3 is 2.05 bits per heavy atom. The molecule has 112 valence electrons. The number of ether oxygens (including phenoxy) is 2. The largest absolute Gasteiger partial charge is 0.497 e. The smallest absolute Gasteiger partial charge is 0.342 e. The van der Waals surface area contributed by atoms with Gasteiger partial charge in [0.15, 0.2) is 0 Å². The van der Waals surface area contributed by atoms with Crippen LogP contribution in [0.25, 0.3) is 0 Å². The van der Waals surface area contributed by atoms with E-state index < -0.39 is 10.1 Å². The predicted molar refractivity (Wildman–Crippen MR) is 78.5 cm³/mol. The van der Waals surface area contributed by atoms with Crippen molar-refractivity contribution < 1.29 is 22.1 Å². The van der Waals surface area contributed by atoms with Crippen molar-refractivity contribution in [2.24, 2.45) is 0 Å². The molecule has 0 aliphatic rings. The molecule has 0 amide bonds. The van der Waals surface area contributed by atoms with Crippen LogP contribution in [0.2, 0.25) is 0 Å². The minimum Gasteiger partial charge on any atom is -0.497 e. The second kappa shape index (κ2) is 6.05. The molecule has 0 unspecified atom stereocenters. The molecule has 0 aliphatic heterocycles. The van der Waals surface area contributed by atoms with Gasteiger partial charge in [-0.3, -0.25) is 0 Å². The van der Waals surface area contributed by atoms with Gasteiger partial charge in [-0.1, -0.05) is 6.07 Å². The molecule has 0 fully saturated rings. The maximum Gasteiger partial charge on any atom is 0.342 e. The SMILES string of the molecule is COc1ccc(OS(=O)(=O)c2cc(C)ccc2OC)cc1. The number of methoxy groups -OCH3 is 2. The summed E-state index contributed by atoms with van der Waals surface area (Å²) in [5.41, 5.74) is 0.799. The number of hydrogen-bond donors (Lipinski definition) is 0. The summed E-state index contributed by atoms with van der Waals surface area (Å²) in [5.74, 6) is 1.07. The average Bonchev–Trinajstić information content (AvgIpc) is 2.47. The summed E-state index contributed by atoms with van der Waals surface area (Å²) in [7, 11) is -1.02. The normalized spacial score (nSPS) is 11.0. The first-order valence-corrected chi connectivity index (χ1v) is 7.60. The summed E-state index contributed by atoms with van der Waals surface area (Å²) >= 11 is 0. The molecule has 0 aliphatic carbocycles. The van der Waals surface area contributed by atoms with Crippen LogP contribution in [-0.4, -0.2) is 22.6 Å². The maximum absolute atomic E-state index is 12.4. The summed E-state index contributed by atoms with van der Waals surface area (Å²) in [6, 6.07) is 11.2. The van der Waals surface area contributed by atoms with Crippen molar-refractivity contribution in [3.8, 4) is 17.2 Å². The highest BCUT2D eigenvalue weighted by molar-refractivity contribution is 7.87. The molecular weight excluding hydrogens is 292 g/mol. The van der Waals surface area contributed by atoms with E-state index in [1.165, 1.54) is 32.4 Å². The highest BCUT2D eigenvalue weighted by Gasteiger charge is 2.22. The van der Waals surface area contributed by atoms with Crippen LogP contribution in [0.4, 0.5) is 0 Å². The summed E-state index contributed by atoms with van der Waals surface area (Å²) in [6.07, 6.45) is 0. The Kier molecular flexibility index (Phi) is 4.37. The van der Waals surface area contributed by atoms with Gasteiger partial charge in [-0.2, -0.15) is 8.42 Å². The van der Waals surface area contributed by atoms with Crippen molar-refractivity contribution in [2.45, 2.75) is 11.8 Å². The molecule has 2 aromatic rings. The molecular formula is C15H16O5S. The molecule has 0 bridgehead atoms. The van der Waals surface area contributed by atoms with E-state index >= 15 is 0 Å². The lowest BCUT2D eigenvalue weighted by molar-refractivity contribution is 0.397. The van der Waals surface area contributed by atoms with Crippen molar-refractivity contribution in [3.63, 3.8) is 0 Å². The summed E-state index contributed by atoms with van der Waals surface area (Å²) in [5, 5.41) is 0. The fourth-order valence-corrected chi connectivity index (χ4v) is 2.96. The molecule has 0 aromatic heterocycles. The Balaban J connectivity index is 2.35. The van der Waals surface area contributed by atoms with Gasteiger partial charge in [0.2, 0.25) is 0 Å². The Morgan fingerprint density at radius 2 is 1.48 bits per heavy atom. The highest BCUT2D eigenvalue weighted by atomic mass is 32.2. The third-order valence-corrected chi connectivity index (χ3v) is 4.12. The third kappa shape index (κ3) is 3.46. The topological polar surface area (TPSA) is 61.8 Å². The van der Waals surface area contributed by atoms with E-state index in [9.17, 15) is 8.42 Å². The van der Waals surface area contributed by atoms with Crippen molar-refractivity contribution in [1.82, 2.24) is 0 Å². The predicted octanol–water partition coefficient (Wildman–Crippen LogP) is 2.78. The van der Waals surface area contributed by atoms with Gasteiger partial charge in [0, 0.05) is 0 Å². The van der Waals surface area contributed by atoms with Crippen LogP contribution in [0, 0.1) is 6.92 Å². The van der Waals surface area contributed by atoms with Gasteiger partial charge in [-0.05, 0) is 48.9 Å². The number of benzene rings is 2. The lowest BCUT2D eigenvalue weighted by atomic mass is 10.2.